The smallest absolute Gasteiger partial charge is 0.242 e. The number of nitrogens with zero attached hydrogens (tertiary/aromatic N) is 2. The minimum atomic E-state index is -0.451. The van der Waals surface area contributed by atoms with E-state index in [1.165, 1.54) is 16.7 Å². The third-order valence-electron chi connectivity index (χ3n) is 3.90. The molecule has 0 saturated carbocycles. The van der Waals surface area contributed by atoms with Crippen LogP contribution in [0.4, 0.5) is 11.4 Å². The number of thioether (sulfide) groups is 1. The Hall–Kier alpha value is -1.87. The molecule has 1 saturated heterocycles. The maximum atomic E-state index is 12.4. The quantitative estimate of drug-likeness (QED) is 0.670. The number of aliphatic imine (C=N–C) groups is 1. The van der Waals surface area contributed by atoms with Crippen LogP contribution in [0.25, 0.3) is 0 Å². The third-order valence-corrected chi connectivity index (χ3v) is 5.85. The van der Waals surface area contributed by atoms with E-state index in [9.17, 15) is 9.59 Å². The van der Waals surface area contributed by atoms with Gasteiger partial charge in [-0.05, 0) is 65.9 Å². The average molecular weight is 479 g/mol. The van der Waals surface area contributed by atoms with E-state index in [0.717, 1.165) is 20.5 Å². The topological polar surface area (TPSA) is 61.8 Å². The van der Waals surface area contributed by atoms with Crippen molar-refractivity contribution in [2.24, 2.45) is 4.99 Å². The number of amides is 2. The van der Waals surface area contributed by atoms with E-state index in [1.807, 2.05) is 55.5 Å². The molecule has 2 amide bonds. The molecule has 1 aliphatic heterocycles. The highest BCUT2D eigenvalue weighted by molar-refractivity contribution is 14.1. The molecule has 134 valence electrons. The van der Waals surface area contributed by atoms with Gasteiger partial charge in [0.25, 0.3) is 0 Å². The zero-order valence-corrected chi connectivity index (χ0v) is 17.4. The van der Waals surface area contributed by atoms with E-state index >= 15 is 0 Å². The summed E-state index contributed by atoms with van der Waals surface area (Å²) in [5.41, 5.74) is 2.65. The van der Waals surface area contributed by atoms with Crippen LogP contribution in [0.2, 0.25) is 0 Å². The van der Waals surface area contributed by atoms with Crippen molar-refractivity contribution >= 4 is 62.7 Å². The summed E-state index contributed by atoms with van der Waals surface area (Å²) >= 11 is 3.56. The van der Waals surface area contributed by atoms with Crippen molar-refractivity contribution in [2.75, 3.05) is 12.4 Å². The van der Waals surface area contributed by atoms with Gasteiger partial charge >= 0.3 is 0 Å². The van der Waals surface area contributed by atoms with E-state index in [4.69, 9.17) is 0 Å². The van der Waals surface area contributed by atoms with Crippen molar-refractivity contribution in [3.05, 3.63) is 57.7 Å². The molecule has 0 radical (unpaired) electrons. The molecule has 0 aromatic heterocycles. The van der Waals surface area contributed by atoms with E-state index < -0.39 is 5.25 Å². The lowest BCUT2D eigenvalue weighted by atomic mass is 10.2. The molecule has 1 heterocycles. The summed E-state index contributed by atoms with van der Waals surface area (Å²) in [6.07, 6.45) is 0.118. The van der Waals surface area contributed by atoms with Crippen LogP contribution in [-0.2, 0) is 9.59 Å². The van der Waals surface area contributed by atoms with Gasteiger partial charge in [0, 0.05) is 22.7 Å². The molecule has 7 heteroatoms. The number of hydrogen-bond donors (Lipinski definition) is 1. The van der Waals surface area contributed by atoms with Gasteiger partial charge in [0.2, 0.25) is 11.8 Å². The molecular weight excluding hydrogens is 461 g/mol. The summed E-state index contributed by atoms with van der Waals surface area (Å²) in [5, 5.41) is 3.00. The Bertz CT molecular complexity index is 850. The van der Waals surface area contributed by atoms with Crippen LogP contribution in [0, 0.1) is 10.5 Å². The highest BCUT2D eigenvalue weighted by Gasteiger charge is 2.36. The maximum absolute atomic E-state index is 12.4. The SMILES string of the molecule is Cc1ccc(NC(=O)C[C@H]2SC(=Nc3ccc(I)cc3)N(C)C2=O)cc1. The van der Waals surface area contributed by atoms with Gasteiger partial charge in [-0.2, -0.15) is 0 Å². The summed E-state index contributed by atoms with van der Waals surface area (Å²) in [6.45, 7) is 1.99. The van der Waals surface area contributed by atoms with Crippen molar-refractivity contribution in [3.8, 4) is 0 Å². The van der Waals surface area contributed by atoms with Crippen LogP contribution in [0.3, 0.4) is 0 Å². The van der Waals surface area contributed by atoms with Crippen LogP contribution in [0.1, 0.15) is 12.0 Å². The summed E-state index contributed by atoms with van der Waals surface area (Å²) in [5.74, 6) is -0.276. The lowest BCUT2D eigenvalue weighted by Crippen LogP contribution is -2.30. The van der Waals surface area contributed by atoms with Crippen LogP contribution in [0.5, 0.6) is 0 Å². The first-order chi connectivity index (χ1) is 12.4. The van der Waals surface area contributed by atoms with E-state index in [1.54, 1.807) is 7.05 Å². The van der Waals surface area contributed by atoms with Crippen molar-refractivity contribution in [1.29, 1.82) is 0 Å². The molecule has 1 N–H and O–H groups in total. The number of hydrogen-bond acceptors (Lipinski definition) is 4. The Balaban J connectivity index is 1.65. The van der Waals surface area contributed by atoms with Gasteiger partial charge in [-0.15, -0.1) is 0 Å². The monoisotopic (exact) mass is 479 g/mol. The van der Waals surface area contributed by atoms with Crippen LogP contribution >= 0.6 is 34.4 Å². The summed E-state index contributed by atoms with van der Waals surface area (Å²) in [4.78, 5) is 30.8. The number of nitrogens with one attached hydrogen (secondary N) is 1. The molecule has 1 atom stereocenters. The second kappa shape index (κ2) is 8.22. The minimum Gasteiger partial charge on any atom is -0.326 e. The number of aryl methyl sites for hydroxylation is 1. The van der Waals surface area contributed by atoms with Crippen molar-refractivity contribution in [1.82, 2.24) is 4.90 Å². The second-order valence-electron chi connectivity index (χ2n) is 5.99. The van der Waals surface area contributed by atoms with Crippen molar-refractivity contribution in [3.63, 3.8) is 0 Å². The zero-order chi connectivity index (χ0) is 18.7. The number of amidine groups is 1. The normalized spacial score (nSPS) is 18.4. The Labute approximate surface area is 170 Å². The first-order valence-corrected chi connectivity index (χ1v) is 10.0. The molecule has 3 rings (SSSR count). The lowest BCUT2D eigenvalue weighted by molar-refractivity contribution is -0.127. The van der Waals surface area contributed by atoms with E-state index in [-0.39, 0.29) is 18.2 Å². The number of carbonyl (C=O) groups is 2. The van der Waals surface area contributed by atoms with E-state index in [2.05, 4.69) is 32.9 Å². The van der Waals surface area contributed by atoms with Crippen molar-refractivity contribution < 1.29 is 9.59 Å². The molecule has 0 aliphatic carbocycles. The lowest BCUT2D eigenvalue weighted by Gasteiger charge is -2.09. The molecule has 2 aromatic carbocycles. The van der Waals surface area contributed by atoms with Gasteiger partial charge in [-0.3, -0.25) is 14.5 Å². The van der Waals surface area contributed by atoms with Gasteiger partial charge in [-0.1, -0.05) is 29.5 Å². The molecule has 26 heavy (non-hydrogen) atoms. The number of halogens is 1. The average Bonchev–Trinajstić information content (AvgIpc) is 2.87. The Morgan fingerprint density at radius 1 is 1.19 bits per heavy atom. The first-order valence-electron chi connectivity index (χ1n) is 8.07. The van der Waals surface area contributed by atoms with Crippen LogP contribution in [0.15, 0.2) is 53.5 Å². The van der Waals surface area contributed by atoms with E-state index in [0.29, 0.717) is 5.17 Å². The highest BCUT2D eigenvalue weighted by Crippen LogP contribution is 2.31. The number of carbonyl (C=O) groups excluding carboxylic acids is 2. The fourth-order valence-electron chi connectivity index (χ4n) is 2.44. The zero-order valence-electron chi connectivity index (χ0n) is 14.4. The van der Waals surface area contributed by atoms with Crippen LogP contribution < -0.4 is 5.32 Å². The molecule has 2 aromatic rings. The predicted molar refractivity (Wildman–Crippen MR) is 115 cm³/mol. The Morgan fingerprint density at radius 3 is 2.50 bits per heavy atom. The number of rotatable bonds is 4. The predicted octanol–water partition coefficient (Wildman–Crippen LogP) is 4.19. The summed E-state index contributed by atoms with van der Waals surface area (Å²) in [7, 11) is 1.69. The van der Waals surface area contributed by atoms with Crippen molar-refractivity contribution in [2.45, 2.75) is 18.6 Å². The Kier molecular flexibility index (Phi) is 5.98. The third kappa shape index (κ3) is 4.64. The second-order valence-corrected chi connectivity index (χ2v) is 8.41. The Morgan fingerprint density at radius 2 is 1.85 bits per heavy atom. The molecule has 1 aliphatic rings. The summed E-state index contributed by atoms with van der Waals surface area (Å²) < 4.78 is 1.13. The van der Waals surface area contributed by atoms with Gasteiger partial charge in [0.15, 0.2) is 5.17 Å². The molecular formula is C19H18IN3O2S. The fourth-order valence-corrected chi connectivity index (χ4v) is 3.95. The molecule has 0 bridgehead atoms. The van der Waals surface area contributed by atoms with Gasteiger partial charge in [0.05, 0.1) is 5.69 Å². The largest absolute Gasteiger partial charge is 0.326 e. The van der Waals surface area contributed by atoms with Gasteiger partial charge in [-0.25, -0.2) is 4.99 Å². The number of benzene rings is 2. The first kappa shape index (κ1) is 18.9. The van der Waals surface area contributed by atoms with Gasteiger partial charge < -0.3 is 5.32 Å². The number of anilines is 1. The fraction of sp³-hybridized carbons (Fsp3) is 0.211. The standard InChI is InChI=1S/C19H18IN3O2S/c1-12-3-7-14(8-4-12)21-17(24)11-16-18(25)23(2)19(26-16)22-15-9-5-13(20)6-10-15/h3-10,16H,11H2,1-2H3,(H,21,24)/t16-/m1/s1. The highest BCUT2D eigenvalue weighted by atomic mass is 127. The maximum Gasteiger partial charge on any atom is 0.242 e. The molecule has 0 spiro atoms. The molecule has 0 unspecified atom stereocenters. The molecule has 1 fully saturated rings. The van der Waals surface area contributed by atoms with Crippen LogP contribution in [-0.4, -0.2) is 34.2 Å². The molecule has 5 nitrogen and oxygen atoms in total. The minimum absolute atomic E-state index is 0.0988. The summed E-state index contributed by atoms with van der Waals surface area (Å²) in [6, 6.07) is 15.3. The van der Waals surface area contributed by atoms with Gasteiger partial charge in [0.1, 0.15) is 5.25 Å².